The van der Waals surface area contributed by atoms with Crippen molar-refractivity contribution in [1.82, 2.24) is 4.90 Å². The Morgan fingerprint density at radius 1 is 0.965 bits per heavy atom. The Balaban J connectivity index is 1.66. The van der Waals surface area contributed by atoms with Crippen LogP contribution >= 0.6 is 0 Å². The van der Waals surface area contributed by atoms with E-state index in [1.54, 1.807) is 71.9 Å². The standard InChI is InChI=1S/C41H61NO15/c1-12-28-41(8)34(55-39(47)57-41)23(4)30-21(2)19-40(7,56-38(46)53-30)33(54-37-29(43)27(42(9)10)18-22(3)50-37)24(5)31(25(6)35(44)51-28)52-36(45)32(49-20-48-11)26-16-14-13-15-17-26/h13-17,21-25,27-34,37,43H,12,18-20H2,1-11H3/t21-,22+,23+,24+,25-,27-,28-,29+,30?,31+,32?,33-,34-,37-,40-,41-/m1/s1. The van der Waals surface area contributed by atoms with Gasteiger partial charge in [0.15, 0.2) is 24.1 Å². The molecule has 5 rings (SSSR count). The second kappa shape index (κ2) is 18.2. The van der Waals surface area contributed by atoms with Gasteiger partial charge in [0.05, 0.1) is 12.0 Å². The van der Waals surface area contributed by atoms with E-state index in [1.165, 1.54) is 7.11 Å². The number of cyclic esters (lactones) is 1. The van der Waals surface area contributed by atoms with Gasteiger partial charge in [-0.05, 0) is 72.5 Å². The summed E-state index contributed by atoms with van der Waals surface area (Å²) < 4.78 is 60.3. The third-order valence-corrected chi connectivity index (χ3v) is 12.1. The maximum Gasteiger partial charge on any atom is 0.509 e. The zero-order valence-corrected chi connectivity index (χ0v) is 34.9. The topological polar surface area (TPSA) is 184 Å². The number of hydrogen-bond acceptors (Lipinski definition) is 16. The van der Waals surface area contributed by atoms with Gasteiger partial charge in [-0.3, -0.25) is 4.79 Å². The molecule has 4 aliphatic rings. The Morgan fingerprint density at radius 3 is 2.26 bits per heavy atom. The van der Waals surface area contributed by atoms with Crippen LogP contribution in [0.3, 0.4) is 0 Å². The predicted molar refractivity (Wildman–Crippen MR) is 200 cm³/mol. The van der Waals surface area contributed by atoms with E-state index < -0.39 is 108 Å². The first-order chi connectivity index (χ1) is 26.8. The Hall–Kier alpha value is -3.54. The molecule has 0 amide bonds. The first-order valence-electron chi connectivity index (χ1n) is 19.9. The van der Waals surface area contributed by atoms with Gasteiger partial charge in [-0.25, -0.2) is 14.4 Å². The Labute approximate surface area is 335 Å². The van der Waals surface area contributed by atoms with Crippen LogP contribution in [0.4, 0.5) is 9.59 Å². The average molecular weight is 808 g/mol. The summed E-state index contributed by atoms with van der Waals surface area (Å²) >= 11 is 0. The van der Waals surface area contributed by atoms with Gasteiger partial charge < -0.3 is 57.4 Å². The van der Waals surface area contributed by atoms with Crippen molar-refractivity contribution in [2.45, 2.75) is 147 Å². The number of carbonyl (C=O) groups is 4. The van der Waals surface area contributed by atoms with E-state index >= 15 is 0 Å². The lowest BCUT2D eigenvalue weighted by Crippen LogP contribution is -2.60. The van der Waals surface area contributed by atoms with E-state index in [0.29, 0.717) is 12.0 Å². The van der Waals surface area contributed by atoms with E-state index in [-0.39, 0.29) is 31.8 Å². The minimum Gasteiger partial charge on any atom is -0.459 e. The molecule has 1 aromatic carbocycles. The van der Waals surface area contributed by atoms with Crippen LogP contribution in [0.5, 0.6) is 0 Å². The largest absolute Gasteiger partial charge is 0.509 e. The highest BCUT2D eigenvalue weighted by atomic mass is 16.8. The highest BCUT2D eigenvalue weighted by Gasteiger charge is 2.61. The molecule has 4 aliphatic heterocycles. The Morgan fingerprint density at radius 2 is 1.63 bits per heavy atom. The molecule has 0 spiro atoms. The number of rotatable bonds is 10. The van der Waals surface area contributed by atoms with Gasteiger partial charge in [-0.1, -0.05) is 58.0 Å². The van der Waals surface area contributed by atoms with Gasteiger partial charge in [0, 0.05) is 25.0 Å². The van der Waals surface area contributed by atoms with E-state index in [9.17, 15) is 24.3 Å². The van der Waals surface area contributed by atoms with Crippen molar-refractivity contribution in [3.8, 4) is 0 Å². The zero-order valence-electron chi connectivity index (χ0n) is 34.9. The first-order valence-corrected chi connectivity index (χ1v) is 19.9. The number of nitrogens with zero attached hydrogens (tertiary/aromatic N) is 1. The van der Waals surface area contributed by atoms with Crippen molar-refractivity contribution >= 4 is 24.2 Å². The van der Waals surface area contributed by atoms with Gasteiger partial charge in [0.25, 0.3) is 0 Å². The minimum atomic E-state index is -1.54. The smallest absolute Gasteiger partial charge is 0.459 e. The number of benzene rings is 1. The van der Waals surface area contributed by atoms with Crippen LogP contribution in [-0.2, 0) is 57.0 Å². The van der Waals surface area contributed by atoms with Crippen molar-refractivity contribution in [2.75, 3.05) is 28.0 Å². The number of ether oxygens (including phenoxy) is 10. The number of methoxy groups -OCH3 is 1. The monoisotopic (exact) mass is 807 g/mol. The highest BCUT2D eigenvalue weighted by Crippen LogP contribution is 2.46. The second-order valence-corrected chi connectivity index (χ2v) is 16.7. The summed E-state index contributed by atoms with van der Waals surface area (Å²) in [6, 6.07) is 8.32. The highest BCUT2D eigenvalue weighted by molar-refractivity contribution is 5.78. The van der Waals surface area contributed by atoms with E-state index in [1.807, 2.05) is 32.8 Å². The van der Waals surface area contributed by atoms with Gasteiger partial charge in [-0.15, -0.1) is 0 Å². The SMILES string of the molecule is CC[C@H]1OC(=O)[C@H](C)[C@@H](OC(=O)C(OCOC)c2ccccc2)[C@H](C)[C@@H](O[C@H]2O[C@@H](C)C[C@@H](N(C)C)[C@@H]2O)[C@@]2(C)C[C@@H](C)C(OC(=O)O2)[C@H](C)[C@H]2OC(=O)O[C@@]21C. The van der Waals surface area contributed by atoms with Crippen molar-refractivity contribution in [1.29, 1.82) is 0 Å². The number of esters is 2. The molecular formula is C41H61NO15. The van der Waals surface area contributed by atoms with Crippen LogP contribution in [0.1, 0.15) is 86.3 Å². The van der Waals surface area contributed by atoms with Gasteiger partial charge in [-0.2, -0.15) is 0 Å². The number of hydrogen-bond donors (Lipinski definition) is 1. The molecule has 2 unspecified atom stereocenters. The Kier molecular flexibility index (Phi) is 14.2. The number of aliphatic hydroxyl groups is 1. The van der Waals surface area contributed by atoms with Crippen LogP contribution < -0.4 is 0 Å². The molecule has 4 saturated heterocycles. The average Bonchev–Trinajstić information content (AvgIpc) is 3.41. The van der Waals surface area contributed by atoms with Gasteiger partial charge >= 0.3 is 24.2 Å². The van der Waals surface area contributed by atoms with Crippen molar-refractivity contribution in [3.05, 3.63) is 35.9 Å². The fourth-order valence-corrected chi connectivity index (χ4v) is 9.28. The van der Waals surface area contributed by atoms with Crippen LogP contribution in [0.15, 0.2) is 30.3 Å². The first kappa shape index (κ1) is 44.6. The lowest BCUT2D eigenvalue weighted by molar-refractivity contribution is -0.299. The normalized spacial score (nSPS) is 40.6. The van der Waals surface area contributed by atoms with Crippen LogP contribution in [-0.4, -0.2) is 129 Å². The molecular weight excluding hydrogens is 746 g/mol. The second-order valence-electron chi connectivity index (χ2n) is 16.7. The van der Waals surface area contributed by atoms with Crippen molar-refractivity contribution in [2.24, 2.45) is 23.7 Å². The van der Waals surface area contributed by atoms with E-state index in [4.69, 9.17) is 47.4 Å². The molecule has 0 radical (unpaired) electrons. The summed E-state index contributed by atoms with van der Waals surface area (Å²) in [6.07, 6.45) is -10.5. The molecule has 320 valence electrons. The summed E-state index contributed by atoms with van der Waals surface area (Å²) in [7, 11) is 5.12. The maximum atomic E-state index is 14.5. The Bertz CT molecular complexity index is 1560. The summed E-state index contributed by atoms with van der Waals surface area (Å²) in [4.78, 5) is 57.4. The summed E-state index contributed by atoms with van der Waals surface area (Å²) in [5.74, 6) is -4.86. The maximum absolute atomic E-state index is 14.5. The summed E-state index contributed by atoms with van der Waals surface area (Å²) in [5.41, 5.74) is -2.55. The molecule has 4 heterocycles. The van der Waals surface area contributed by atoms with Crippen molar-refractivity contribution in [3.63, 3.8) is 0 Å². The molecule has 16 heteroatoms. The van der Waals surface area contributed by atoms with Crippen LogP contribution in [0, 0.1) is 23.7 Å². The van der Waals surface area contributed by atoms with Crippen molar-refractivity contribution < 1.29 is 71.7 Å². The number of fused-ring (bicyclic) bond motifs is 4. The third kappa shape index (κ3) is 9.36. The molecule has 0 saturated carbocycles. The molecule has 16 nitrogen and oxygen atoms in total. The molecule has 1 N–H and O–H groups in total. The fraction of sp³-hybridized carbons (Fsp3) is 0.756. The minimum absolute atomic E-state index is 0.136. The lowest BCUT2D eigenvalue weighted by atomic mass is 9.73. The van der Waals surface area contributed by atoms with Gasteiger partial charge in [0.1, 0.15) is 42.9 Å². The number of aliphatic hydroxyl groups excluding tert-OH is 1. The molecule has 57 heavy (non-hydrogen) atoms. The molecule has 4 fully saturated rings. The molecule has 2 bridgehead atoms. The zero-order chi connectivity index (χ0) is 42.0. The van der Waals surface area contributed by atoms with Crippen LogP contribution in [0.25, 0.3) is 0 Å². The summed E-state index contributed by atoms with van der Waals surface area (Å²) in [6.45, 7) is 13.6. The molecule has 1 aromatic rings. The van der Waals surface area contributed by atoms with E-state index in [2.05, 4.69) is 0 Å². The fourth-order valence-electron chi connectivity index (χ4n) is 9.28. The number of likely N-dealkylation sites (N-methyl/N-ethyl adjacent to an activating group) is 1. The van der Waals surface area contributed by atoms with E-state index in [0.717, 1.165) is 0 Å². The van der Waals surface area contributed by atoms with Gasteiger partial charge in [0.2, 0.25) is 0 Å². The number of carbonyl (C=O) groups excluding carboxylic acids is 4. The molecule has 0 aliphatic carbocycles. The summed E-state index contributed by atoms with van der Waals surface area (Å²) in [5, 5.41) is 11.7. The third-order valence-electron chi connectivity index (χ3n) is 12.1. The molecule has 0 aromatic heterocycles. The predicted octanol–water partition coefficient (Wildman–Crippen LogP) is 4.93. The van der Waals surface area contributed by atoms with Crippen LogP contribution in [0.2, 0.25) is 0 Å². The molecule has 16 atom stereocenters. The lowest BCUT2D eigenvalue weighted by Gasteiger charge is -2.47. The quantitative estimate of drug-likeness (QED) is 0.191.